The van der Waals surface area contributed by atoms with Gasteiger partial charge in [-0.15, -0.1) is 0 Å². The van der Waals surface area contributed by atoms with Gasteiger partial charge in [0.15, 0.2) is 0 Å². The normalized spacial score (nSPS) is 10.5. The Morgan fingerprint density at radius 3 is 2.54 bits per heavy atom. The Bertz CT molecular complexity index is 976. The molecule has 0 aliphatic rings. The van der Waals surface area contributed by atoms with Crippen LogP contribution in [0.15, 0.2) is 48.7 Å². The zero-order chi connectivity index (χ0) is 18.7. The van der Waals surface area contributed by atoms with Crippen LogP contribution in [-0.2, 0) is 0 Å². The van der Waals surface area contributed by atoms with Crippen LogP contribution in [0.4, 0.5) is 17.3 Å². The number of amides is 1. The van der Waals surface area contributed by atoms with Gasteiger partial charge in [0.2, 0.25) is 5.95 Å². The molecule has 5 nitrogen and oxygen atoms in total. The van der Waals surface area contributed by atoms with E-state index in [1.165, 1.54) is 12.3 Å². The van der Waals surface area contributed by atoms with Gasteiger partial charge in [0.1, 0.15) is 5.69 Å². The Kier molecular flexibility index (Phi) is 5.40. The number of benzene rings is 2. The lowest BCUT2D eigenvalue weighted by molar-refractivity contribution is 0.102. The molecule has 26 heavy (non-hydrogen) atoms. The summed E-state index contributed by atoms with van der Waals surface area (Å²) in [5, 5.41) is 6.50. The summed E-state index contributed by atoms with van der Waals surface area (Å²) in [7, 11) is 0. The number of rotatable bonds is 4. The van der Waals surface area contributed by atoms with E-state index in [-0.39, 0.29) is 10.7 Å². The van der Waals surface area contributed by atoms with E-state index in [1.54, 1.807) is 18.2 Å². The molecule has 3 rings (SSSR count). The monoisotopic (exact) mass is 386 g/mol. The number of hydrogen-bond acceptors (Lipinski definition) is 4. The highest BCUT2D eigenvalue weighted by molar-refractivity contribution is 6.44. The predicted molar refractivity (Wildman–Crippen MR) is 106 cm³/mol. The van der Waals surface area contributed by atoms with Gasteiger partial charge in [0.25, 0.3) is 5.91 Å². The minimum Gasteiger partial charge on any atom is -0.324 e. The van der Waals surface area contributed by atoms with Gasteiger partial charge in [0.05, 0.1) is 15.7 Å². The van der Waals surface area contributed by atoms with Crippen LogP contribution in [0.25, 0.3) is 0 Å². The van der Waals surface area contributed by atoms with Crippen molar-refractivity contribution in [3.05, 3.63) is 75.5 Å². The van der Waals surface area contributed by atoms with Crippen molar-refractivity contribution in [2.75, 3.05) is 10.6 Å². The number of nitrogens with zero attached hydrogens (tertiary/aromatic N) is 2. The van der Waals surface area contributed by atoms with Crippen molar-refractivity contribution in [2.45, 2.75) is 13.8 Å². The van der Waals surface area contributed by atoms with Crippen LogP contribution in [0, 0.1) is 13.8 Å². The maximum atomic E-state index is 12.5. The molecule has 0 atom stereocenters. The highest BCUT2D eigenvalue weighted by Crippen LogP contribution is 2.29. The third-order valence-electron chi connectivity index (χ3n) is 3.94. The van der Waals surface area contributed by atoms with Crippen LogP contribution in [-0.4, -0.2) is 15.9 Å². The van der Waals surface area contributed by atoms with E-state index in [9.17, 15) is 4.79 Å². The number of halogens is 2. The van der Waals surface area contributed by atoms with Crippen molar-refractivity contribution in [2.24, 2.45) is 0 Å². The zero-order valence-corrected chi connectivity index (χ0v) is 15.7. The Morgan fingerprint density at radius 2 is 1.73 bits per heavy atom. The Balaban J connectivity index is 1.81. The van der Waals surface area contributed by atoms with E-state index in [0.29, 0.717) is 16.7 Å². The zero-order valence-electron chi connectivity index (χ0n) is 14.2. The summed E-state index contributed by atoms with van der Waals surface area (Å²) in [6, 6.07) is 12.5. The number of carbonyl (C=O) groups is 1. The third kappa shape index (κ3) is 3.95. The molecule has 2 aromatic carbocycles. The van der Waals surface area contributed by atoms with E-state index in [2.05, 4.69) is 20.6 Å². The minimum atomic E-state index is -0.402. The number of aromatic nitrogens is 2. The molecule has 0 unspecified atom stereocenters. The lowest BCUT2D eigenvalue weighted by Gasteiger charge is -2.11. The molecule has 0 radical (unpaired) electrons. The van der Waals surface area contributed by atoms with Crippen molar-refractivity contribution in [1.29, 1.82) is 0 Å². The van der Waals surface area contributed by atoms with E-state index in [0.717, 1.165) is 16.8 Å². The molecule has 3 aromatic rings. The highest BCUT2D eigenvalue weighted by Gasteiger charge is 2.13. The molecule has 0 spiro atoms. The first-order valence-electron chi connectivity index (χ1n) is 7.87. The predicted octanol–water partition coefficient (Wildman–Crippen LogP) is 5.40. The molecular formula is C19H16Cl2N4O. The number of hydrogen-bond donors (Lipinski definition) is 2. The summed E-state index contributed by atoms with van der Waals surface area (Å²) in [5.74, 6) is -0.0656. The number of carbonyl (C=O) groups excluding carboxylic acids is 1. The van der Waals surface area contributed by atoms with Crippen LogP contribution < -0.4 is 10.6 Å². The summed E-state index contributed by atoms with van der Waals surface area (Å²) in [6.07, 6.45) is 1.52. The highest BCUT2D eigenvalue weighted by atomic mass is 35.5. The van der Waals surface area contributed by atoms with Gasteiger partial charge < -0.3 is 10.6 Å². The van der Waals surface area contributed by atoms with Gasteiger partial charge in [-0.2, -0.15) is 0 Å². The maximum absolute atomic E-state index is 12.5. The lowest BCUT2D eigenvalue weighted by atomic mass is 10.1. The SMILES string of the molecule is Cc1cccc(Nc2nccc(C(=O)Nc3cccc(Cl)c3Cl)n2)c1C. The standard InChI is InChI=1S/C19H16Cl2N4O/c1-11-5-3-7-14(12(11)2)24-19-22-10-9-16(25-19)18(26)23-15-8-4-6-13(20)17(15)21/h3-10H,1-2H3,(H,23,26)(H,22,24,25). The maximum Gasteiger partial charge on any atom is 0.274 e. The molecule has 1 aromatic heterocycles. The Morgan fingerprint density at radius 1 is 1.00 bits per heavy atom. The molecule has 0 saturated heterocycles. The van der Waals surface area contributed by atoms with Crippen LogP contribution in [0.1, 0.15) is 21.6 Å². The van der Waals surface area contributed by atoms with Crippen LogP contribution in [0.2, 0.25) is 10.0 Å². The summed E-state index contributed by atoms with van der Waals surface area (Å²) in [5.41, 5.74) is 3.77. The fourth-order valence-electron chi connectivity index (χ4n) is 2.34. The van der Waals surface area contributed by atoms with Gasteiger partial charge in [-0.3, -0.25) is 4.79 Å². The summed E-state index contributed by atoms with van der Waals surface area (Å²) in [6.45, 7) is 4.04. The molecule has 1 heterocycles. The third-order valence-corrected chi connectivity index (χ3v) is 4.76. The summed E-state index contributed by atoms with van der Waals surface area (Å²) in [4.78, 5) is 20.9. The largest absolute Gasteiger partial charge is 0.324 e. The first kappa shape index (κ1) is 18.2. The van der Waals surface area contributed by atoms with Crippen molar-refractivity contribution in [1.82, 2.24) is 9.97 Å². The summed E-state index contributed by atoms with van der Waals surface area (Å²) >= 11 is 12.1. The molecule has 0 aliphatic heterocycles. The minimum absolute atomic E-state index is 0.212. The molecule has 0 fully saturated rings. The summed E-state index contributed by atoms with van der Waals surface area (Å²) < 4.78 is 0. The van der Waals surface area contributed by atoms with Crippen molar-refractivity contribution in [3.63, 3.8) is 0 Å². The van der Waals surface area contributed by atoms with E-state index in [4.69, 9.17) is 23.2 Å². The van der Waals surface area contributed by atoms with Gasteiger partial charge in [-0.05, 0) is 49.2 Å². The number of aryl methyl sites for hydroxylation is 1. The second-order valence-corrected chi connectivity index (χ2v) is 6.48. The first-order valence-corrected chi connectivity index (χ1v) is 8.63. The molecule has 0 aliphatic carbocycles. The van der Waals surface area contributed by atoms with E-state index >= 15 is 0 Å². The molecule has 2 N–H and O–H groups in total. The molecule has 0 bridgehead atoms. The van der Waals surface area contributed by atoms with Crippen molar-refractivity contribution >= 4 is 46.4 Å². The molecular weight excluding hydrogens is 371 g/mol. The quantitative estimate of drug-likeness (QED) is 0.629. The second kappa shape index (κ2) is 7.72. The van der Waals surface area contributed by atoms with Crippen molar-refractivity contribution < 1.29 is 4.79 Å². The van der Waals surface area contributed by atoms with Gasteiger partial charge in [-0.25, -0.2) is 9.97 Å². The van der Waals surface area contributed by atoms with Gasteiger partial charge in [0, 0.05) is 11.9 Å². The molecule has 1 amide bonds. The molecule has 7 heteroatoms. The average Bonchev–Trinajstić information content (AvgIpc) is 2.63. The lowest BCUT2D eigenvalue weighted by Crippen LogP contribution is -2.15. The average molecular weight is 387 g/mol. The van der Waals surface area contributed by atoms with E-state index in [1.807, 2.05) is 32.0 Å². The number of nitrogens with one attached hydrogen (secondary N) is 2. The van der Waals surface area contributed by atoms with Crippen LogP contribution in [0.5, 0.6) is 0 Å². The Labute approximate surface area is 161 Å². The van der Waals surface area contributed by atoms with Gasteiger partial charge >= 0.3 is 0 Å². The second-order valence-electron chi connectivity index (χ2n) is 5.69. The topological polar surface area (TPSA) is 66.9 Å². The molecule has 132 valence electrons. The van der Waals surface area contributed by atoms with Gasteiger partial charge in [-0.1, -0.05) is 41.4 Å². The smallest absolute Gasteiger partial charge is 0.274 e. The Hall–Kier alpha value is -2.63. The van der Waals surface area contributed by atoms with Crippen molar-refractivity contribution in [3.8, 4) is 0 Å². The fourth-order valence-corrected chi connectivity index (χ4v) is 2.69. The van der Waals surface area contributed by atoms with Crippen LogP contribution >= 0.6 is 23.2 Å². The fraction of sp³-hybridized carbons (Fsp3) is 0.105. The van der Waals surface area contributed by atoms with Crippen LogP contribution in [0.3, 0.4) is 0 Å². The molecule has 0 saturated carbocycles. The number of anilines is 3. The van der Waals surface area contributed by atoms with E-state index < -0.39 is 5.91 Å². The first-order chi connectivity index (χ1) is 12.5.